The Morgan fingerprint density at radius 2 is 1.00 bits per heavy atom. The topological polar surface area (TPSA) is 76.1 Å². The van der Waals surface area contributed by atoms with Gasteiger partial charge in [-0.2, -0.15) is 0 Å². The zero-order valence-corrected chi connectivity index (χ0v) is 35.2. The van der Waals surface area contributed by atoms with Gasteiger partial charge in [-0.15, -0.1) is 0 Å². The number of aliphatic hydroxyl groups is 1. The van der Waals surface area contributed by atoms with Crippen LogP contribution in [0.25, 0.3) is 0 Å². The Bertz CT molecular complexity index is 784. The molecule has 308 valence electrons. The molecule has 0 saturated heterocycles. The molecule has 0 radical (unpaired) electrons. The van der Waals surface area contributed by atoms with Gasteiger partial charge in [-0.05, 0) is 83.7 Å². The van der Waals surface area contributed by atoms with Crippen LogP contribution in [0, 0.1) is 5.41 Å². The number of hydrogen-bond donors (Lipinski definition) is 1. The number of carbonyl (C=O) groups is 2. The van der Waals surface area contributed by atoms with Crippen molar-refractivity contribution in [3.05, 3.63) is 0 Å². The molecule has 0 aromatic heterocycles. The second-order valence-corrected chi connectivity index (χ2v) is 16.5. The summed E-state index contributed by atoms with van der Waals surface area (Å²) >= 11 is 0. The van der Waals surface area contributed by atoms with Crippen LogP contribution in [0.5, 0.6) is 0 Å². The van der Waals surface area contributed by atoms with Crippen molar-refractivity contribution in [1.29, 1.82) is 0 Å². The van der Waals surface area contributed by atoms with Crippen LogP contribution in [-0.4, -0.2) is 60.9 Å². The quantitative estimate of drug-likeness (QED) is 0.0498. The molecule has 1 aliphatic carbocycles. The smallest absolute Gasteiger partial charge is 0.312 e. The summed E-state index contributed by atoms with van der Waals surface area (Å²) < 4.78 is 11.7. The number of ether oxygens (including phenoxy) is 2. The summed E-state index contributed by atoms with van der Waals surface area (Å²) in [6.45, 7) is 10.2. The maximum absolute atomic E-state index is 13.4. The van der Waals surface area contributed by atoms with Gasteiger partial charge in [-0.25, -0.2) is 0 Å². The van der Waals surface area contributed by atoms with E-state index in [2.05, 4.69) is 25.7 Å². The first kappa shape index (κ1) is 48.9. The highest BCUT2D eigenvalue weighted by molar-refractivity contribution is 5.80. The highest BCUT2D eigenvalue weighted by atomic mass is 16.5. The average molecular weight is 736 g/mol. The lowest BCUT2D eigenvalue weighted by atomic mass is 9.97. The number of aliphatic hydroxyl groups excluding tert-OH is 1. The predicted molar refractivity (Wildman–Crippen MR) is 221 cm³/mol. The van der Waals surface area contributed by atoms with Crippen molar-refractivity contribution in [3.8, 4) is 0 Å². The maximum atomic E-state index is 13.4. The normalized spacial score (nSPS) is 13.7. The number of esters is 2. The van der Waals surface area contributed by atoms with Crippen LogP contribution in [-0.2, 0) is 19.1 Å². The van der Waals surface area contributed by atoms with Gasteiger partial charge in [0.15, 0.2) is 0 Å². The van der Waals surface area contributed by atoms with Gasteiger partial charge in [0.1, 0.15) is 6.10 Å². The summed E-state index contributed by atoms with van der Waals surface area (Å²) in [7, 11) is 0. The molecule has 0 amide bonds. The summed E-state index contributed by atoms with van der Waals surface area (Å²) in [5, 5.41) is 9.59. The summed E-state index contributed by atoms with van der Waals surface area (Å²) in [6, 6.07) is 0. The second-order valence-electron chi connectivity index (χ2n) is 16.5. The standard InChI is InChI=1S/C46H89NO5/c1-4-7-10-13-16-17-18-23-31-42-51-44(49)34-27-24-30-39-47(40-41-48)38-29-22-21-28-35-46(36-37-46)45(50)52-43(32-25-19-14-11-8-5-2)33-26-20-15-12-9-6-3/h43,48H,4-42H2,1-3H3. The summed E-state index contributed by atoms with van der Waals surface area (Å²) in [5.41, 5.74) is -0.191. The molecule has 0 unspecified atom stereocenters. The molecule has 6 nitrogen and oxygen atoms in total. The van der Waals surface area contributed by atoms with E-state index < -0.39 is 0 Å². The molecular weight excluding hydrogens is 647 g/mol. The molecule has 6 heteroatoms. The van der Waals surface area contributed by atoms with E-state index in [1.807, 2.05) is 0 Å². The average Bonchev–Trinajstić information content (AvgIpc) is 3.94. The molecule has 1 aliphatic rings. The maximum Gasteiger partial charge on any atom is 0.312 e. The molecule has 0 heterocycles. The number of nitrogens with zero attached hydrogens (tertiary/aromatic N) is 1. The molecule has 0 atom stereocenters. The van der Waals surface area contributed by atoms with Crippen molar-refractivity contribution >= 4 is 11.9 Å². The van der Waals surface area contributed by atoms with Gasteiger partial charge in [0.25, 0.3) is 0 Å². The van der Waals surface area contributed by atoms with Gasteiger partial charge in [0.05, 0.1) is 18.6 Å². The highest BCUT2D eigenvalue weighted by Crippen LogP contribution is 2.51. The Labute approximate surface area is 323 Å². The van der Waals surface area contributed by atoms with Crippen molar-refractivity contribution in [2.24, 2.45) is 5.41 Å². The molecule has 52 heavy (non-hydrogen) atoms. The molecule has 0 spiro atoms. The van der Waals surface area contributed by atoms with Gasteiger partial charge in [-0.3, -0.25) is 9.59 Å². The second kappa shape index (κ2) is 35.6. The minimum atomic E-state index is -0.191. The number of hydrogen-bond acceptors (Lipinski definition) is 6. The molecule has 1 saturated carbocycles. The Hall–Kier alpha value is -1.14. The van der Waals surface area contributed by atoms with Crippen LogP contribution < -0.4 is 0 Å². The lowest BCUT2D eigenvalue weighted by molar-refractivity contribution is -0.157. The Morgan fingerprint density at radius 1 is 0.558 bits per heavy atom. The lowest BCUT2D eigenvalue weighted by Crippen LogP contribution is -2.29. The zero-order valence-electron chi connectivity index (χ0n) is 35.2. The van der Waals surface area contributed by atoms with Crippen LogP contribution in [0.15, 0.2) is 0 Å². The van der Waals surface area contributed by atoms with E-state index in [9.17, 15) is 14.7 Å². The van der Waals surface area contributed by atoms with Crippen molar-refractivity contribution in [1.82, 2.24) is 4.90 Å². The van der Waals surface area contributed by atoms with Crippen LogP contribution in [0.2, 0.25) is 0 Å². The molecule has 1 N–H and O–H groups in total. The first-order valence-electron chi connectivity index (χ1n) is 23.2. The Morgan fingerprint density at radius 3 is 1.50 bits per heavy atom. The first-order valence-corrected chi connectivity index (χ1v) is 23.2. The number of unbranched alkanes of at least 4 members (excludes halogenated alkanes) is 23. The third kappa shape index (κ3) is 28.3. The molecule has 0 aromatic carbocycles. The van der Waals surface area contributed by atoms with E-state index in [4.69, 9.17) is 9.47 Å². The van der Waals surface area contributed by atoms with E-state index in [1.165, 1.54) is 122 Å². The van der Waals surface area contributed by atoms with E-state index in [-0.39, 0.29) is 30.1 Å². The van der Waals surface area contributed by atoms with E-state index in [0.29, 0.717) is 19.6 Å². The number of carbonyl (C=O) groups excluding carboxylic acids is 2. The van der Waals surface area contributed by atoms with Crippen molar-refractivity contribution in [3.63, 3.8) is 0 Å². The molecular formula is C46H89NO5. The van der Waals surface area contributed by atoms with Crippen LogP contribution in [0.4, 0.5) is 0 Å². The molecule has 0 bridgehead atoms. The molecule has 0 aromatic rings. The van der Waals surface area contributed by atoms with Crippen LogP contribution in [0.1, 0.15) is 239 Å². The SMILES string of the molecule is CCCCCCCCCCCOC(=O)CCCCCN(CCO)CCCCCCC1(C(=O)OC(CCCCCCCC)CCCCCCCC)CC1. The zero-order chi connectivity index (χ0) is 37.8. The third-order valence-electron chi connectivity index (χ3n) is 11.5. The van der Waals surface area contributed by atoms with Crippen molar-refractivity contribution in [2.45, 2.75) is 245 Å². The Kier molecular flexibility index (Phi) is 33.4. The van der Waals surface area contributed by atoms with Crippen LogP contribution >= 0.6 is 0 Å². The van der Waals surface area contributed by atoms with Gasteiger partial charge in [0.2, 0.25) is 0 Å². The summed E-state index contributed by atoms with van der Waals surface area (Å²) in [5.74, 6) is 0.0600. The monoisotopic (exact) mass is 736 g/mol. The number of rotatable bonds is 41. The molecule has 1 fully saturated rings. The third-order valence-corrected chi connectivity index (χ3v) is 11.5. The van der Waals surface area contributed by atoms with Crippen LogP contribution in [0.3, 0.4) is 0 Å². The molecule has 1 rings (SSSR count). The highest BCUT2D eigenvalue weighted by Gasteiger charge is 2.51. The fourth-order valence-electron chi connectivity index (χ4n) is 7.63. The minimum absolute atomic E-state index is 0.0471. The van der Waals surface area contributed by atoms with Crippen molar-refractivity contribution < 1.29 is 24.2 Å². The molecule has 0 aliphatic heterocycles. The lowest BCUT2D eigenvalue weighted by Gasteiger charge is -2.22. The van der Waals surface area contributed by atoms with E-state index in [0.717, 1.165) is 103 Å². The summed E-state index contributed by atoms with van der Waals surface area (Å²) in [4.78, 5) is 27.9. The van der Waals surface area contributed by atoms with Gasteiger partial charge >= 0.3 is 11.9 Å². The van der Waals surface area contributed by atoms with Gasteiger partial charge in [0, 0.05) is 13.0 Å². The largest absolute Gasteiger partial charge is 0.466 e. The van der Waals surface area contributed by atoms with Gasteiger partial charge in [-0.1, -0.05) is 162 Å². The van der Waals surface area contributed by atoms with E-state index >= 15 is 0 Å². The van der Waals surface area contributed by atoms with E-state index in [1.54, 1.807) is 0 Å². The minimum Gasteiger partial charge on any atom is -0.466 e. The fourth-order valence-corrected chi connectivity index (χ4v) is 7.63. The van der Waals surface area contributed by atoms with Crippen molar-refractivity contribution in [2.75, 3.05) is 32.8 Å². The predicted octanol–water partition coefficient (Wildman–Crippen LogP) is 13.1. The van der Waals surface area contributed by atoms with Gasteiger partial charge < -0.3 is 19.5 Å². The fraction of sp³-hybridized carbons (Fsp3) is 0.957. The summed E-state index contributed by atoms with van der Waals surface area (Å²) in [6.07, 6.45) is 40.1. The Balaban J connectivity index is 2.19. The first-order chi connectivity index (χ1) is 25.5.